The highest BCUT2D eigenvalue weighted by atomic mass is 35.5. The van der Waals surface area contributed by atoms with Gasteiger partial charge in [-0.15, -0.1) is 0 Å². The summed E-state index contributed by atoms with van der Waals surface area (Å²) in [5.74, 6) is -4.56. The normalized spacial score (nSPS) is 16.5. The second-order valence-corrected chi connectivity index (χ2v) is 11.9. The number of anilines is 2. The second-order valence-electron chi connectivity index (χ2n) is 9.58. The number of hydrogen-bond acceptors (Lipinski definition) is 6. The molecule has 0 unspecified atom stereocenters. The SMILES string of the molecule is C[C@H]1CN(c2cc(Cl)ccc2NC(=O)c2ccc(CNC(=O)CNS(C)(=O)=O)c(F)c2F)CCN1CCC(F)(F)F. The zero-order chi connectivity index (χ0) is 30.5. The molecule has 0 saturated carbocycles. The molecule has 226 valence electrons. The van der Waals surface area contributed by atoms with Crippen LogP contribution in [0.5, 0.6) is 0 Å². The fraction of sp³-hybridized carbons (Fsp3) is 0.440. The number of alkyl halides is 3. The summed E-state index contributed by atoms with van der Waals surface area (Å²) in [7, 11) is -3.62. The molecular weight excluding hydrogens is 597 g/mol. The lowest BCUT2D eigenvalue weighted by Gasteiger charge is -2.41. The topological polar surface area (TPSA) is 111 Å². The smallest absolute Gasteiger partial charge is 0.367 e. The first-order valence-corrected chi connectivity index (χ1v) is 14.7. The summed E-state index contributed by atoms with van der Waals surface area (Å²) in [6, 6.07) is 6.46. The first-order valence-electron chi connectivity index (χ1n) is 12.4. The number of carbonyl (C=O) groups is 2. The number of nitrogens with one attached hydrogen (secondary N) is 3. The summed E-state index contributed by atoms with van der Waals surface area (Å²) in [6.07, 6.45) is -4.33. The third-order valence-corrected chi connectivity index (χ3v) is 7.28. The van der Waals surface area contributed by atoms with Crippen molar-refractivity contribution in [2.24, 2.45) is 0 Å². The van der Waals surface area contributed by atoms with Gasteiger partial charge in [0.1, 0.15) is 0 Å². The first kappa shape index (κ1) is 32.5. The van der Waals surface area contributed by atoms with Crippen LogP contribution >= 0.6 is 11.6 Å². The minimum Gasteiger partial charge on any atom is -0.367 e. The Labute approximate surface area is 239 Å². The van der Waals surface area contributed by atoms with E-state index in [2.05, 4.69) is 10.6 Å². The Morgan fingerprint density at radius 1 is 1.10 bits per heavy atom. The van der Waals surface area contributed by atoms with E-state index in [1.165, 1.54) is 12.1 Å². The summed E-state index contributed by atoms with van der Waals surface area (Å²) in [5.41, 5.74) is -0.167. The Hall–Kier alpha value is -3.01. The minimum atomic E-state index is -4.26. The average molecular weight is 626 g/mol. The Morgan fingerprint density at radius 2 is 1.80 bits per heavy atom. The maximum Gasteiger partial charge on any atom is 0.390 e. The molecule has 0 aromatic heterocycles. The molecule has 3 N–H and O–H groups in total. The Balaban J connectivity index is 1.70. The maximum atomic E-state index is 14.9. The molecule has 0 radical (unpaired) electrons. The van der Waals surface area contributed by atoms with Gasteiger partial charge in [0, 0.05) is 49.4 Å². The number of rotatable bonds is 10. The summed E-state index contributed by atoms with van der Waals surface area (Å²) < 4.78 is 91.7. The van der Waals surface area contributed by atoms with Gasteiger partial charge in [-0.05, 0) is 31.2 Å². The summed E-state index contributed by atoms with van der Waals surface area (Å²) in [4.78, 5) is 28.3. The van der Waals surface area contributed by atoms with Crippen LogP contribution in [-0.2, 0) is 21.4 Å². The quantitative estimate of drug-likeness (QED) is 0.349. The minimum absolute atomic E-state index is 0.139. The van der Waals surface area contributed by atoms with Crippen LogP contribution in [0.4, 0.5) is 33.3 Å². The van der Waals surface area contributed by atoms with Crippen molar-refractivity contribution < 1.29 is 40.0 Å². The molecule has 2 amide bonds. The summed E-state index contributed by atoms with van der Waals surface area (Å²) in [6.45, 7) is 1.62. The van der Waals surface area contributed by atoms with Crippen LogP contribution in [0.3, 0.4) is 0 Å². The standard InChI is InChI=1S/C25H29ClF5N5O4S/c1-15-14-36(10-9-35(15)8-7-25(29,30)31)20-11-17(26)4-6-19(20)34-24(38)18-5-3-16(22(27)23(18)28)12-32-21(37)13-33-41(2,39)40/h3-6,11,15,33H,7-10,12-14H2,1-2H3,(H,32,37)(H,34,38)/t15-/m0/s1. The number of halogens is 6. The van der Waals surface area contributed by atoms with E-state index in [1.807, 2.05) is 9.62 Å². The molecular formula is C25H29ClF5N5O4S. The predicted octanol–water partition coefficient (Wildman–Crippen LogP) is 3.50. The largest absolute Gasteiger partial charge is 0.390 e. The van der Waals surface area contributed by atoms with Gasteiger partial charge in [-0.1, -0.05) is 17.7 Å². The molecule has 1 atom stereocenters. The third-order valence-electron chi connectivity index (χ3n) is 6.37. The van der Waals surface area contributed by atoms with Crippen molar-refractivity contribution in [3.8, 4) is 0 Å². The van der Waals surface area contributed by atoms with Crippen molar-refractivity contribution in [3.63, 3.8) is 0 Å². The Kier molecular flexibility index (Phi) is 10.6. The molecule has 1 aliphatic rings. The molecule has 0 spiro atoms. The molecule has 16 heteroatoms. The number of nitrogens with zero attached hydrogens (tertiary/aromatic N) is 2. The van der Waals surface area contributed by atoms with E-state index in [4.69, 9.17) is 11.6 Å². The van der Waals surface area contributed by atoms with Gasteiger partial charge in [0.15, 0.2) is 11.6 Å². The number of amides is 2. The zero-order valence-electron chi connectivity index (χ0n) is 22.1. The summed E-state index contributed by atoms with van der Waals surface area (Å²) >= 11 is 6.16. The number of sulfonamides is 1. The zero-order valence-corrected chi connectivity index (χ0v) is 23.7. The van der Waals surface area contributed by atoms with E-state index >= 15 is 0 Å². The maximum absolute atomic E-state index is 14.9. The molecule has 2 aromatic rings. The fourth-order valence-electron chi connectivity index (χ4n) is 4.23. The lowest BCUT2D eigenvalue weighted by Crippen LogP contribution is -2.52. The van der Waals surface area contributed by atoms with Gasteiger partial charge in [0.25, 0.3) is 5.91 Å². The van der Waals surface area contributed by atoms with Gasteiger partial charge in [-0.2, -0.15) is 13.2 Å². The highest BCUT2D eigenvalue weighted by molar-refractivity contribution is 7.88. The van der Waals surface area contributed by atoms with E-state index in [1.54, 1.807) is 17.9 Å². The number of hydrogen-bond donors (Lipinski definition) is 3. The molecule has 1 fully saturated rings. The van der Waals surface area contributed by atoms with Gasteiger partial charge in [-0.25, -0.2) is 21.9 Å². The van der Waals surface area contributed by atoms with Gasteiger partial charge in [0.05, 0.1) is 36.2 Å². The van der Waals surface area contributed by atoms with Crippen LogP contribution in [-0.4, -0.2) is 76.3 Å². The summed E-state index contributed by atoms with van der Waals surface area (Å²) in [5, 5.41) is 5.13. The lowest BCUT2D eigenvalue weighted by molar-refractivity contribution is -0.139. The van der Waals surface area contributed by atoms with Crippen molar-refractivity contribution >= 4 is 44.8 Å². The highest BCUT2D eigenvalue weighted by Crippen LogP contribution is 2.32. The van der Waals surface area contributed by atoms with E-state index in [9.17, 15) is 40.0 Å². The van der Waals surface area contributed by atoms with Crippen molar-refractivity contribution in [3.05, 3.63) is 58.1 Å². The molecule has 1 heterocycles. The molecule has 3 rings (SSSR count). The fourth-order valence-corrected chi connectivity index (χ4v) is 4.79. The van der Waals surface area contributed by atoms with Crippen LogP contribution in [0.25, 0.3) is 0 Å². The van der Waals surface area contributed by atoms with Crippen LogP contribution in [0.15, 0.2) is 30.3 Å². The lowest BCUT2D eigenvalue weighted by atomic mass is 10.1. The molecule has 0 aliphatic carbocycles. The van der Waals surface area contributed by atoms with Gasteiger partial charge < -0.3 is 15.5 Å². The van der Waals surface area contributed by atoms with E-state index in [-0.39, 0.29) is 23.8 Å². The average Bonchev–Trinajstić information content (AvgIpc) is 2.87. The molecule has 2 aromatic carbocycles. The predicted molar refractivity (Wildman–Crippen MR) is 144 cm³/mol. The van der Waals surface area contributed by atoms with Crippen molar-refractivity contribution in [1.82, 2.24) is 14.9 Å². The molecule has 9 nitrogen and oxygen atoms in total. The van der Waals surface area contributed by atoms with E-state index in [0.29, 0.717) is 30.3 Å². The van der Waals surface area contributed by atoms with Crippen LogP contribution in [0.2, 0.25) is 5.02 Å². The van der Waals surface area contributed by atoms with Crippen molar-refractivity contribution in [1.29, 1.82) is 0 Å². The molecule has 41 heavy (non-hydrogen) atoms. The Bertz CT molecular complexity index is 1390. The molecule has 0 bridgehead atoms. The van der Waals surface area contributed by atoms with E-state index < -0.39 is 64.7 Å². The van der Waals surface area contributed by atoms with Gasteiger partial charge in [-0.3, -0.25) is 14.5 Å². The van der Waals surface area contributed by atoms with Crippen molar-refractivity contribution in [2.75, 3.05) is 49.2 Å². The highest BCUT2D eigenvalue weighted by Gasteiger charge is 2.31. The van der Waals surface area contributed by atoms with Crippen LogP contribution < -0.4 is 20.3 Å². The van der Waals surface area contributed by atoms with Crippen LogP contribution in [0.1, 0.15) is 29.3 Å². The first-order chi connectivity index (χ1) is 19.0. The van der Waals surface area contributed by atoms with Gasteiger partial charge >= 0.3 is 6.18 Å². The monoisotopic (exact) mass is 625 g/mol. The number of benzene rings is 2. The van der Waals surface area contributed by atoms with Crippen molar-refractivity contribution in [2.45, 2.75) is 32.1 Å². The molecule has 1 saturated heterocycles. The van der Waals surface area contributed by atoms with Gasteiger partial charge in [0.2, 0.25) is 15.9 Å². The molecule has 1 aliphatic heterocycles. The second kappa shape index (κ2) is 13.3. The Morgan fingerprint density at radius 3 is 2.44 bits per heavy atom. The van der Waals surface area contributed by atoms with Crippen LogP contribution in [0, 0.1) is 11.6 Å². The number of piperazine rings is 1. The van der Waals surface area contributed by atoms with E-state index in [0.717, 1.165) is 18.4 Å². The number of carbonyl (C=O) groups excluding carboxylic acids is 2. The third kappa shape index (κ3) is 9.51.